The Morgan fingerprint density at radius 2 is 2.47 bits per heavy atom. The van der Waals surface area contributed by atoms with Crippen molar-refractivity contribution in [3.05, 3.63) is 34.2 Å². The first-order valence-corrected chi connectivity index (χ1v) is 4.50. The van der Waals surface area contributed by atoms with Crippen LogP contribution >= 0.6 is 0 Å². The van der Waals surface area contributed by atoms with Crippen LogP contribution in [0.25, 0.3) is 0 Å². The number of hydrogen-bond donors (Lipinski definition) is 2. The lowest BCUT2D eigenvalue weighted by molar-refractivity contribution is 0.0950. The molecule has 0 aliphatic heterocycles. The molecule has 1 aromatic heterocycles. The molecule has 1 atom stereocenters. The van der Waals surface area contributed by atoms with Gasteiger partial charge in [-0.15, -0.1) is 0 Å². The fraction of sp³-hybridized carbons (Fsp3) is 0.300. The normalized spacial score (nSPS) is 11.5. The lowest BCUT2D eigenvalue weighted by Crippen LogP contribution is -2.28. The van der Waals surface area contributed by atoms with Crippen LogP contribution in [0.4, 0.5) is 0 Å². The third-order valence-corrected chi connectivity index (χ3v) is 1.83. The molecule has 2 N–H and O–H groups in total. The fourth-order valence-electron chi connectivity index (χ4n) is 0.979. The molecule has 0 bridgehead atoms. The Balaban J connectivity index is 2.63. The highest BCUT2D eigenvalue weighted by Gasteiger charge is 2.07. The fourth-order valence-corrected chi connectivity index (χ4v) is 0.979. The minimum Gasteiger partial charge on any atom is -0.351 e. The molecule has 0 aromatic carbocycles. The van der Waals surface area contributed by atoms with Crippen LogP contribution in [0.3, 0.4) is 0 Å². The van der Waals surface area contributed by atoms with Gasteiger partial charge in [0.15, 0.2) is 0 Å². The zero-order valence-corrected chi connectivity index (χ0v) is 8.28. The van der Waals surface area contributed by atoms with Crippen LogP contribution in [0.15, 0.2) is 23.1 Å². The van der Waals surface area contributed by atoms with Gasteiger partial charge in [0.1, 0.15) is 0 Å². The van der Waals surface area contributed by atoms with Gasteiger partial charge in [0.2, 0.25) is 5.56 Å². The summed E-state index contributed by atoms with van der Waals surface area (Å²) in [4.78, 5) is 24.8. The van der Waals surface area contributed by atoms with Gasteiger partial charge < -0.3 is 10.3 Å². The van der Waals surface area contributed by atoms with Crippen LogP contribution in [0.1, 0.15) is 17.3 Å². The average Bonchev–Trinajstić information content (AvgIpc) is 2.25. The van der Waals surface area contributed by atoms with Crippen molar-refractivity contribution in [2.75, 3.05) is 6.54 Å². The molecular weight excluding hydrogens is 194 g/mol. The van der Waals surface area contributed by atoms with E-state index in [1.54, 1.807) is 6.92 Å². The van der Waals surface area contributed by atoms with E-state index in [2.05, 4.69) is 10.3 Å². The van der Waals surface area contributed by atoms with E-state index >= 15 is 0 Å². The van der Waals surface area contributed by atoms with Crippen molar-refractivity contribution in [3.8, 4) is 6.07 Å². The van der Waals surface area contributed by atoms with Gasteiger partial charge in [-0.1, -0.05) is 0 Å². The number of carbonyl (C=O) groups is 1. The molecule has 5 nitrogen and oxygen atoms in total. The molecule has 1 aromatic rings. The predicted molar refractivity (Wildman–Crippen MR) is 54.2 cm³/mol. The number of nitrogens with zero attached hydrogens (tertiary/aromatic N) is 1. The van der Waals surface area contributed by atoms with Crippen LogP contribution in [0, 0.1) is 17.2 Å². The van der Waals surface area contributed by atoms with Crippen molar-refractivity contribution < 1.29 is 4.79 Å². The van der Waals surface area contributed by atoms with Gasteiger partial charge in [0.05, 0.1) is 12.0 Å². The average molecular weight is 205 g/mol. The van der Waals surface area contributed by atoms with E-state index in [-0.39, 0.29) is 23.9 Å². The first kappa shape index (κ1) is 11.0. The minimum absolute atomic E-state index is 0.240. The molecule has 5 heteroatoms. The van der Waals surface area contributed by atoms with Gasteiger partial charge in [0, 0.05) is 24.4 Å². The highest BCUT2D eigenvalue weighted by molar-refractivity contribution is 5.93. The number of rotatable bonds is 3. The maximum absolute atomic E-state index is 11.4. The summed E-state index contributed by atoms with van der Waals surface area (Å²) in [6, 6.07) is 4.72. The number of aromatic amines is 1. The van der Waals surface area contributed by atoms with Crippen LogP contribution < -0.4 is 10.9 Å². The number of aromatic nitrogens is 1. The second-order valence-corrected chi connectivity index (χ2v) is 3.18. The van der Waals surface area contributed by atoms with Crippen molar-refractivity contribution in [2.45, 2.75) is 6.92 Å². The van der Waals surface area contributed by atoms with E-state index in [0.29, 0.717) is 5.56 Å². The van der Waals surface area contributed by atoms with Crippen LogP contribution in [0.2, 0.25) is 0 Å². The Bertz CT molecular complexity index is 444. The first-order valence-electron chi connectivity index (χ1n) is 4.50. The molecule has 1 heterocycles. The van der Waals surface area contributed by atoms with Crippen molar-refractivity contribution in [3.63, 3.8) is 0 Å². The van der Waals surface area contributed by atoms with E-state index in [1.807, 2.05) is 6.07 Å². The number of nitriles is 1. The number of H-pyrrole nitrogens is 1. The van der Waals surface area contributed by atoms with E-state index in [0.717, 1.165) is 0 Å². The summed E-state index contributed by atoms with van der Waals surface area (Å²) < 4.78 is 0. The van der Waals surface area contributed by atoms with Gasteiger partial charge >= 0.3 is 0 Å². The lowest BCUT2D eigenvalue weighted by Gasteiger charge is -2.05. The Kier molecular flexibility index (Phi) is 3.63. The SMILES string of the molecule is CC(C#N)CNC(=O)c1cc[nH]c(=O)c1. The summed E-state index contributed by atoms with van der Waals surface area (Å²) in [5.41, 5.74) is -0.0279. The van der Waals surface area contributed by atoms with Crippen molar-refractivity contribution in [1.29, 1.82) is 5.26 Å². The van der Waals surface area contributed by atoms with Crippen molar-refractivity contribution >= 4 is 5.91 Å². The van der Waals surface area contributed by atoms with E-state index in [4.69, 9.17) is 5.26 Å². The van der Waals surface area contributed by atoms with Gasteiger partial charge in [-0.2, -0.15) is 5.26 Å². The Hall–Kier alpha value is -2.09. The molecule has 0 aliphatic rings. The summed E-state index contributed by atoms with van der Waals surface area (Å²) in [6.07, 6.45) is 1.41. The molecule has 78 valence electrons. The summed E-state index contributed by atoms with van der Waals surface area (Å²) in [6.45, 7) is 1.99. The molecule has 1 unspecified atom stereocenters. The zero-order valence-electron chi connectivity index (χ0n) is 8.28. The Morgan fingerprint density at radius 3 is 3.07 bits per heavy atom. The first-order chi connectivity index (χ1) is 7.13. The third kappa shape index (κ3) is 3.27. The maximum Gasteiger partial charge on any atom is 0.251 e. The number of pyridine rings is 1. The monoisotopic (exact) mass is 205 g/mol. The van der Waals surface area contributed by atoms with Crippen LogP contribution in [-0.2, 0) is 0 Å². The highest BCUT2D eigenvalue weighted by atomic mass is 16.2. The Morgan fingerprint density at radius 1 is 1.73 bits per heavy atom. The number of carbonyl (C=O) groups excluding carboxylic acids is 1. The predicted octanol–water partition coefficient (Wildman–Crippen LogP) is 0.264. The Labute approximate surface area is 86.7 Å². The van der Waals surface area contributed by atoms with E-state index < -0.39 is 0 Å². The van der Waals surface area contributed by atoms with Gasteiger partial charge in [-0.05, 0) is 13.0 Å². The summed E-state index contributed by atoms with van der Waals surface area (Å²) in [5, 5.41) is 11.1. The minimum atomic E-state index is -0.344. The number of amides is 1. The second kappa shape index (κ2) is 4.96. The maximum atomic E-state index is 11.4. The largest absolute Gasteiger partial charge is 0.351 e. The zero-order chi connectivity index (χ0) is 11.3. The summed E-state index contributed by atoms with van der Waals surface area (Å²) in [7, 11) is 0. The number of nitrogens with one attached hydrogen (secondary N) is 2. The van der Waals surface area contributed by atoms with Crippen molar-refractivity contribution in [2.24, 2.45) is 5.92 Å². The van der Waals surface area contributed by atoms with E-state index in [1.165, 1.54) is 18.3 Å². The topological polar surface area (TPSA) is 85.8 Å². The standard InChI is InChI=1S/C10H11N3O2/c1-7(5-11)6-13-10(15)8-2-3-12-9(14)4-8/h2-4,7H,6H2,1H3,(H,12,14)(H,13,15). The quantitative estimate of drug-likeness (QED) is 0.742. The highest BCUT2D eigenvalue weighted by Crippen LogP contribution is 1.94. The molecule has 0 radical (unpaired) electrons. The summed E-state index contributed by atoms with van der Waals surface area (Å²) in [5.74, 6) is -0.584. The second-order valence-electron chi connectivity index (χ2n) is 3.18. The molecule has 0 fully saturated rings. The molecule has 15 heavy (non-hydrogen) atoms. The third-order valence-electron chi connectivity index (χ3n) is 1.83. The lowest BCUT2D eigenvalue weighted by atomic mass is 10.2. The molecular formula is C10H11N3O2. The van der Waals surface area contributed by atoms with E-state index in [9.17, 15) is 9.59 Å². The molecule has 0 saturated heterocycles. The molecule has 0 aliphatic carbocycles. The van der Waals surface area contributed by atoms with Gasteiger partial charge in [0.25, 0.3) is 5.91 Å². The molecule has 0 spiro atoms. The van der Waals surface area contributed by atoms with Crippen molar-refractivity contribution in [1.82, 2.24) is 10.3 Å². The molecule has 1 rings (SSSR count). The molecule has 0 saturated carbocycles. The van der Waals surface area contributed by atoms with Gasteiger partial charge in [-0.25, -0.2) is 0 Å². The smallest absolute Gasteiger partial charge is 0.251 e. The van der Waals surface area contributed by atoms with Crippen LogP contribution in [-0.4, -0.2) is 17.4 Å². The van der Waals surface area contributed by atoms with Crippen LogP contribution in [0.5, 0.6) is 0 Å². The molecule has 1 amide bonds. The van der Waals surface area contributed by atoms with Gasteiger partial charge in [-0.3, -0.25) is 9.59 Å². The number of hydrogen-bond acceptors (Lipinski definition) is 3. The summed E-state index contributed by atoms with van der Waals surface area (Å²) >= 11 is 0.